The number of hydrogen-bond acceptors (Lipinski definition) is 3. The molecule has 2 rings (SSSR count). The van der Waals surface area contributed by atoms with Gasteiger partial charge in [0.1, 0.15) is 4.60 Å². The normalized spacial score (nSPS) is 10.0. The predicted molar refractivity (Wildman–Crippen MR) is 84.3 cm³/mol. The van der Waals surface area contributed by atoms with E-state index in [9.17, 15) is 9.59 Å². The lowest BCUT2D eigenvalue weighted by Crippen LogP contribution is -2.24. The van der Waals surface area contributed by atoms with Crippen LogP contribution in [0.5, 0.6) is 0 Å². The first-order valence-corrected chi connectivity index (χ1v) is 7.02. The van der Waals surface area contributed by atoms with Crippen molar-refractivity contribution in [1.82, 2.24) is 9.88 Å². The number of amides is 2. The Morgan fingerprint density at radius 2 is 1.76 bits per heavy atom. The second-order valence-electron chi connectivity index (χ2n) is 4.54. The van der Waals surface area contributed by atoms with Gasteiger partial charge in [-0.3, -0.25) is 9.59 Å². The van der Waals surface area contributed by atoms with E-state index in [1.54, 1.807) is 56.7 Å². The number of aromatic nitrogens is 1. The van der Waals surface area contributed by atoms with Crippen molar-refractivity contribution >= 4 is 33.4 Å². The fraction of sp³-hybridized carbons (Fsp3) is 0.133. The number of benzene rings is 1. The Morgan fingerprint density at radius 1 is 1.10 bits per heavy atom. The van der Waals surface area contributed by atoms with Gasteiger partial charge in [-0.2, -0.15) is 0 Å². The van der Waals surface area contributed by atoms with Gasteiger partial charge >= 0.3 is 0 Å². The molecule has 0 saturated carbocycles. The molecule has 1 heterocycles. The maximum atomic E-state index is 12.3. The van der Waals surface area contributed by atoms with Crippen LogP contribution in [0.25, 0.3) is 0 Å². The highest BCUT2D eigenvalue weighted by atomic mass is 79.9. The average Bonchev–Trinajstić information content (AvgIpc) is 2.47. The zero-order chi connectivity index (χ0) is 15.4. The van der Waals surface area contributed by atoms with Gasteiger partial charge in [-0.15, -0.1) is 0 Å². The number of rotatable bonds is 3. The molecule has 21 heavy (non-hydrogen) atoms. The molecule has 0 radical (unpaired) electrons. The topological polar surface area (TPSA) is 62.3 Å². The van der Waals surface area contributed by atoms with Crippen LogP contribution in [0.3, 0.4) is 0 Å². The van der Waals surface area contributed by atoms with E-state index in [0.29, 0.717) is 21.4 Å². The van der Waals surface area contributed by atoms with Gasteiger partial charge in [-0.05, 0) is 40.2 Å². The summed E-state index contributed by atoms with van der Waals surface area (Å²) in [4.78, 5) is 29.8. The van der Waals surface area contributed by atoms with Crippen LogP contribution in [0.15, 0.2) is 47.2 Å². The minimum atomic E-state index is -0.325. The molecule has 0 spiro atoms. The summed E-state index contributed by atoms with van der Waals surface area (Å²) in [5, 5.41) is 2.75. The number of carbonyl (C=O) groups is 2. The molecule has 5 nitrogen and oxygen atoms in total. The highest BCUT2D eigenvalue weighted by Gasteiger charge is 2.16. The van der Waals surface area contributed by atoms with Crippen molar-refractivity contribution in [2.75, 3.05) is 19.4 Å². The number of para-hydroxylation sites is 1. The van der Waals surface area contributed by atoms with Crippen LogP contribution in [0.1, 0.15) is 20.7 Å². The van der Waals surface area contributed by atoms with Crippen LogP contribution in [0, 0.1) is 0 Å². The van der Waals surface area contributed by atoms with Crippen LogP contribution in [0.4, 0.5) is 5.69 Å². The van der Waals surface area contributed by atoms with E-state index in [4.69, 9.17) is 0 Å². The third-order valence-electron chi connectivity index (χ3n) is 2.82. The maximum absolute atomic E-state index is 12.3. The zero-order valence-corrected chi connectivity index (χ0v) is 13.2. The van der Waals surface area contributed by atoms with Crippen molar-refractivity contribution < 1.29 is 9.59 Å². The first-order valence-electron chi connectivity index (χ1n) is 6.23. The minimum absolute atomic E-state index is 0.170. The van der Waals surface area contributed by atoms with Gasteiger partial charge in [0.15, 0.2) is 0 Å². The highest BCUT2D eigenvalue weighted by Crippen LogP contribution is 2.19. The number of carbonyl (C=O) groups excluding carboxylic acids is 2. The van der Waals surface area contributed by atoms with E-state index >= 15 is 0 Å². The van der Waals surface area contributed by atoms with Crippen LogP contribution < -0.4 is 5.32 Å². The van der Waals surface area contributed by atoms with E-state index in [-0.39, 0.29) is 11.8 Å². The quantitative estimate of drug-likeness (QED) is 0.868. The summed E-state index contributed by atoms with van der Waals surface area (Å²) < 4.78 is 0.457. The number of pyridine rings is 1. The molecule has 0 aliphatic carbocycles. The second kappa shape index (κ2) is 6.49. The molecule has 0 aliphatic heterocycles. The van der Waals surface area contributed by atoms with Gasteiger partial charge in [0.05, 0.1) is 16.8 Å². The van der Waals surface area contributed by atoms with E-state index in [1.165, 1.54) is 4.90 Å². The molecular formula is C15H14BrN3O2. The number of anilines is 1. The Labute approximate surface area is 131 Å². The van der Waals surface area contributed by atoms with Crippen LogP contribution in [0.2, 0.25) is 0 Å². The van der Waals surface area contributed by atoms with Crippen molar-refractivity contribution in [2.45, 2.75) is 0 Å². The molecule has 0 fully saturated rings. The molecule has 2 amide bonds. The number of hydrogen-bond donors (Lipinski definition) is 1. The Balaban J connectivity index is 2.30. The zero-order valence-electron chi connectivity index (χ0n) is 11.6. The lowest BCUT2D eigenvalue weighted by molar-refractivity contribution is 0.0828. The summed E-state index contributed by atoms with van der Waals surface area (Å²) in [6, 6.07) is 10.2. The van der Waals surface area contributed by atoms with E-state index in [1.807, 2.05) is 0 Å². The second-order valence-corrected chi connectivity index (χ2v) is 5.29. The van der Waals surface area contributed by atoms with Crippen molar-refractivity contribution in [1.29, 1.82) is 0 Å². The first kappa shape index (κ1) is 15.2. The Morgan fingerprint density at radius 3 is 2.43 bits per heavy atom. The average molecular weight is 348 g/mol. The van der Waals surface area contributed by atoms with Gasteiger partial charge in [0.2, 0.25) is 0 Å². The summed E-state index contributed by atoms with van der Waals surface area (Å²) in [5.41, 5.74) is 1.32. The van der Waals surface area contributed by atoms with Crippen molar-refractivity contribution in [3.63, 3.8) is 0 Å². The molecule has 108 valence electrons. The molecule has 0 saturated heterocycles. The highest BCUT2D eigenvalue weighted by molar-refractivity contribution is 9.10. The number of halogens is 1. The first-order chi connectivity index (χ1) is 10.0. The summed E-state index contributed by atoms with van der Waals surface area (Å²) in [6.07, 6.45) is 1.59. The number of nitrogens with one attached hydrogen (secondary N) is 1. The molecule has 1 aromatic heterocycles. The van der Waals surface area contributed by atoms with Gasteiger partial charge < -0.3 is 10.2 Å². The predicted octanol–water partition coefficient (Wildman–Crippen LogP) is 2.80. The van der Waals surface area contributed by atoms with Gasteiger partial charge in [-0.1, -0.05) is 12.1 Å². The maximum Gasteiger partial charge on any atom is 0.258 e. The minimum Gasteiger partial charge on any atom is -0.345 e. The molecular weight excluding hydrogens is 334 g/mol. The number of nitrogens with zero attached hydrogens (tertiary/aromatic N) is 2. The van der Waals surface area contributed by atoms with Crippen molar-refractivity contribution in [2.24, 2.45) is 0 Å². The van der Waals surface area contributed by atoms with E-state index in [2.05, 4.69) is 26.2 Å². The van der Waals surface area contributed by atoms with Crippen LogP contribution in [-0.2, 0) is 0 Å². The molecule has 0 aliphatic rings. The Hall–Kier alpha value is -2.21. The van der Waals surface area contributed by atoms with Crippen LogP contribution in [-0.4, -0.2) is 35.8 Å². The Bertz CT molecular complexity index is 686. The summed E-state index contributed by atoms with van der Waals surface area (Å²) in [7, 11) is 3.33. The molecule has 0 unspecified atom stereocenters. The largest absolute Gasteiger partial charge is 0.345 e. The lowest BCUT2D eigenvalue weighted by Gasteiger charge is -2.14. The molecule has 2 aromatic rings. The Kier molecular flexibility index (Phi) is 4.70. The summed E-state index contributed by atoms with van der Waals surface area (Å²) in [5.74, 6) is -0.495. The van der Waals surface area contributed by atoms with Crippen molar-refractivity contribution in [3.8, 4) is 0 Å². The van der Waals surface area contributed by atoms with Gasteiger partial charge in [0.25, 0.3) is 11.8 Å². The van der Waals surface area contributed by atoms with Crippen molar-refractivity contribution in [3.05, 3.63) is 58.3 Å². The van der Waals surface area contributed by atoms with E-state index < -0.39 is 0 Å². The molecule has 1 N–H and O–H groups in total. The SMILES string of the molecule is CN(C)C(=O)c1ccccc1NC(=O)c1cccnc1Br. The molecule has 0 bridgehead atoms. The van der Waals surface area contributed by atoms with Gasteiger partial charge in [-0.25, -0.2) is 4.98 Å². The van der Waals surface area contributed by atoms with Crippen LogP contribution >= 0.6 is 15.9 Å². The third-order valence-corrected chi connectivity index (χ3v) is 3.45. The monoisotopic (exact) mass is 347 g/mol. The lowest BCUT2D eigenvalue weighted by atomic mass is 10.1. The summed E-state index contributed by atoms with van der Waals surface area (Å²) >= 11 is 3.23. The fourth-order valence-electron chi connectivity index (χ4n) is 1.76. The fourth-order valence-corrected chi connectivity index (χ4v) is 2.20. The standard InChI is InChI=1S/C15H14BrN3O2/c1-19(2)15(21)10-6-3-4-8-12(10)18-14(20)11-7-5-9-17-13(11)16/h3-9H,1-2H3,(H,18,20). The third kappa shape index (κ3) is 3.46. The molecule has 6 heteroatoms. The molecule has 1 aromatic carbocycles. The van der Waals surface area contributed by atoms with E-state index in [0.717, 1.165) is 0 Å². The summed E-state index contributed by atoms with van der Waals surface area (Å²) in [6.45, 7) is 0. The smallest absolute Gasteiger partial charge is 0.258 e. The van der Waals surface area contributed by atoms with Gasteiger partial charge in [0, 0.05) is 20.3 Å². The molecule has 0 atom stereocenters.